The quantitative estimate of drug-likeness (QED) is 0.440. The summed E-state index contributed by atoms with van der Waals surface area (Å²) in [5.74, 6) is 1.15. The predicted molar refractivity (Wildman–Crippen MR) is 30.1 cm³/mol. The lowest BCUT2D eigenvalue weighted by Crippen LogP contribution is -1.94. The van der Waals surface area contributed by atoms with Crippen LogP contribution in [0.2, 0.25) is 0 Å². The average molecular weight is 94.9 g/mol. The van der Waals surface area contributed by atoms with Crippen molar-refractivity contribution in [1.29, 1.82) is 0 Å². The van der Waals surface area contributed by atoms with Crippen LogP contribution in [0.3, 0.4) is 0 Å². The van der Waals surface area contributed by atoms with Crippen molar-refractivity contribution in [2.75, 3.05) is 7.11 Å². The summed E-state index contributed by atoms with van der Waals surface area (Å²) in [6.45, 7) is 0. The first-order chi connectivity index (χ1) is 2.93. The van der Waals surface area contributed by atoms with Crippen molar-refractivity contribution in [3.05, 3.63) is 11.8 Å². The second-order valence-electron chi connectivity index (χ2n) is 1.41. The molecule has 0 atom stereocenters. The maximum Gasteiger partial charge on any atom is 0.0918 e. The zero-order valence-electron chi connectivity index (χ0n) is 4.48. The van der Waals surface area contributed by atoms with Crippen LogP contribution >= 0.6 is 0 Å². The van der Waals surface area contributed by atoms with Crippen LogP contribution in [-0.4, -0.2) is 15.5 Å². The number of hydrogen-bond acceptors (Lipinski definition) is 1. The highest BCUT2D eigenvalue weighted by Gasteiger charge is 2.01. The molecular formula is C5H8BO. The van der Waals surface area contributed by atoms with E-state index < -0.39 is 0 Å². The van der Waals surface area contributed by atoms with Crippen LogP contribution in [0.1, 0.15) is 12.8 Å². The molecule has 0 amide bonds. The summed E-state index contributed by atoms with van der Waals surface area (Å²) in [6.07, 6.45) is 4.46. The van der Waals surface area contributed by atoms with Gasteiger partial charge in [-0.05, 0) is 12.5 Å². The van der Waals surface area contributed by atoms with Gasteiger partial charge in [0, 0.05) is 14.8 Å². The van der Waals surface area contributed by atoms with Crippen LogP contribution in [-0.2, 0) is 4.74 Å². The first-order valence-electron chi connectivity index (χ1n) is 2.16. The fourth-order valence-corrected chi connectivity index (χ4v) is 0.448. The Labute approximate surface area is 45.9 Å². The van der Waals surface area contributed by atoms with Gasteiger partial charge in [-0.3, -0.25) is 0 Å². The Kier molecular flexibility index (Phi) is 2.57. The Morgan fingerprint density at radius 3 is 2.29 bits per heavy atom. The standard InChI is InChI=1S/C5H8O.B/c1-6-5-3-2-4-5;/h3H,2,4H2,1H3;. The topological polar surface area (TPSA) is 9.23 Å². The molecule has 0 aromatic rings. The van der Waals surface area contributed by atoms with E-state index in [1.807, 2.05) is 0 Å². The summed E-state index contributed by atoms with van der Waals surface area (Å²) >= 11 is 0. The lowest BCUT2D eigenvalue weighted by Gasteiger charge is -2.10. The van der Waals surface area contributed by atoms with Gasteiger partial charge in [-0.15, -0.1) is 0 Å². The van der Waals surface area contributed by atoms with E-state index in [0.29, 0.717) is 0 Å². The number of methoxy groups -OCH3 is 1. The van der Waals surface area contributed by atoms with Crippen molar-refractivity contribution in [2.24, 2.45) is 0 Å². The third-order valence-electron chi connectivity index (χ3n) is 1.02. The Bertz CT molecular complexity index is 78.1. The largest absolute Gasteiger partial charge is 0.501 e. The van der Waals surface area contributed by atoms with Gasteiger partial charge in [0.1, 0.15) is 0 Å². The van der Waals surface area contributed by atoms with E-state index in [1.165, 1.54) is 6.42 Å². The first kappa shape index (κ1) is 6.60. The highest BCUT2D eigenvalue weighted by Crippen LogP contribution is 2.16. The Morgan fingerprint density at radius 1 is 1.71 bits per heavy atom. The molecule has 3 radical (unpaired) electrons. The van der Waals surface area contributed by atoms with E-state index in [-0.39, 0.29) is 8.41 Å². The van der Waals surface area contributed by atoms with Gasteiger partial charge in [0.05, 0.1) is 12.9 Å². The van der Waals surface area contributed by atoms with Crippen LogP contribution in [0.5, 0.6) is 0 Å². The molecule has 37 valence electrons. The maximum atomic E-state index is 4.85. The molecule has 0 saturated carbocycles. The van der Waals surface area contributed by atoms with E-state index in [1.54, 1.807) is 7.11 Å². The fourth-order valence-electron chi connectivity index (χ4n) is 0.448. The molecule has 0 N–H and O–H groups in total. The molecule has 0 spiro atoms. The summed E-state index contributed by atoms with van der Waals surface area (Å²) in [6, 6.07) is 0. The van der Waals surface area contributed by atoms with Crippen LogP contribution in [0.25, 0.3) is 0 Å². The third-order valence-corrected chi connectivity index (χ3v) is 1.02. The first-order valence-corrected chi connectivity index (χ1v) is 2.16. The Hall–Kier alpha value is -0.395. The summed E-state index contributed by atoms with van der Waals surface area (Å²) in [4.78, 5) is 0. The molecule has 1 rings (SSSR count). The second-order valence-corrected chi connectivity index (χ2v) is 1.41. The van der Waals surface area contributed by atoms with Crippen molar-refractivity contribution in [3.63, 3.8) is 0 Å². The molecule has 0 fully saturated rings. The minimum Gasteiger partial charge on any atom is -0.501 e. The predicted octanol–water partition coefficient (Wildman–Crippen LogP) is 0.930. The SMILES string of the molecule is COC1=CCC1.[B]. The molecule has 0 unspecified atom stereocenters. The van der Waals surface area contributed by atoms with Gasteiger partial charge in [-0.2, -0.15) is 0 Å². The smallest absolute Gasteiger partial charge is 0.0918 e. The van der Waals surface area contributed by atoms with Gasteiger partial charge in [-0.1, -0.05) is 0 Å². The van der Waals surface area contributed by atoms with Gasteiger partial charge in [0.15, 0.2) is 0 Å². The number of hydrogen-bond donors (Lipinski definition) is 0. The van der Waals surface area contributed by atoms with Crippen molar-refractivity contribution < 1.29 is 4.74 Å². The van der Waals surface area contributed by atoms with E-state index in [4.69, 9.17) is 4.74 Å². The summed E-state index contributed by atoms with van der Waals surface area (Å²) < 4.78 is 4.85. The van der Waals surface area contributed by atoms with Gasteiger partial charge in [0.25, 0.3) is 0 Å². The molecule has 1 nitrogen and oxygen atoms in total. The Morgan fingerprint density at radius 2 is 2.29 bits per heavy atom. The van der Waals surface area contributed by atoms with E-state index in [9.17, 15) is 0 Å². The molecule has 2 heteroatoms. The van der Waals surface area contributed by atoms with Gasteiger partial charge in [-0.25, -0.2) is 0 Å². The molecule has 0 saturated heterocycles. The molecule has 1 aliphatic rings. The van der Waals surface area contributed by atoms with E-state index in [2.05, 4.69) is 6.08 Å². The van der Waals surface area contributed by atoms with Crippen LogP contribution < -0.4 is 0 Å². The lowest BCUT2D eigenvalue weighted by molar-refractivity contribution is 0.260. The molecule has 1 aliphatic carbocycles. The van der Waals surface area contributed by atoms with E-state index >= 15 is 0 Å². The highest BCUT2D eigenvalue weighted by atomic mass is 16.5. The van der Waals surface area contributed by atoms with Gasteiger partial charge in [0.2, 0.25) is 0 Å². The fraction of sp³-hybridized carbons (Fsp3) is 0.600. The average Bonchev–Trinajstić information content (AvgIpc) is 1.31. The van der Waals surface area contributed by atoms with Crippen molar-refractivity contribution in [1.82, 2.24) is 0 Å². The van der Waals surface area contributed by atoms with Crippen LogP contribution in [0.4, 0.5) is 0 Å². The van der Waals surface area contributed by atoms with Gasteiger partial charge >= 0.3 is 0 Å². The van der Waals surface area contributed by atoms with Crippen molar-refractivity contribution >= 4 is 8.41 Å². The minimum atomic E-state index is 0. The highest BCUT2D eigenvalue weighted by molar-refractivity contribution is 5.75. The second kappa shape index (κ2) is 2.72. The monoisotopic (exact) mass is 95.1 g/mol. The molecule has 7 heavy (non-hydrogen) atoms. The molecule has 0 aliphatic heterocycles. The Balaban J connectivity index is 0.000000360. The number of ether oxygens (including phenoxy) is 1. The molecule has 0 aromatic heterocycles. The van der Waals surface area contributed by atoms with Gasteiger partial charge < -0.3 is 4.74 Å². The molecule has 0 bridgehead atoms. The normalized spacial score (nSPS) is 15.9. The third kappa shape index (κ3) is 1.26. The van der Waals surface area contributed by atoms with Crippen molar-refractivity contribution in [2.45, 2.75) is 12.8 Å². The minimum absolute atomic E-state index is 0. The molecular weight excluding hydrogens is 86.9 g/mol. The number of rotatable bonds is 1. The molecule has 0 aromatic carbocycles. The van der Waals surface area contributed by atoms with Crippen LogP contribution in [0.15, 0.2) is 11.8 Å². The summed E-state index contributed by atoms with van der Waals surface area (Å²) in [7, 11) is 1.71. The lowest BCUT2D eigenvalue weighted by atomic mass is 10.1. The zero-order valence-corrected chi connectivity index (χ0v) is 4.48. The molecule has 0 heterocycles. The van der Waals surface area contributed by atoms with E-state index in [0.717, 1.165) is 12.2 Å². The maximum absolute atomic E-state index is 4.85. The van der Waals surface area contributed by atoms with Crippen LogP contribution in [0, 0.1) is 0 Å². The number of allylic oxidation sites excluding steroid dienone is 2. The zero-order chi connectivity index (χ0) is 4.41. The summed E-state index contributed by atoms with van der Waals surface area (Å²) in [5.41, 5.74) is 0. The summed E-state index contributed by atoms with van der Waals surface area (Å²) in [5, 5.41) is 0. The van der Waals surface area contributed by atoms with Crippen molar-refractivity contribution in [3.8, 4) is 0 Å².